The third-order valence-electron chi connectivity index (χ3n) is 3.23. The topological polar surface area (TPSA) is 82.9 Å². The summed E-state index contributed by atoms with van der Waals surface area (Å²) in [5.41, 5.74) is 0.171. The SMILES string of the molecule is CC(C)=N/N=S1\CNC(=O)C1CC(=O)Nc1ccc(C(F)(F)F)cc1. The lowest BCUT2D eigenvalue weighted by molar-refractivity contribution is -0.137. The van der Waals surface area contributed by atoms with Crippen LogP contribution in [-0.2, 0) is 26.5 Å². The number of carbonyl (C=O) groups excluding carboxylic acids is 2. The fourth-order valence-corrected chi connectivity index (χ4v) is 3.62. The molecule has 136 valence electrons. The molecule has 1 aliphatic heterocycles. The van der Waals surface area contributed by atoms with Gasteiger partial charge in [-0.3, -0.25) is 9.59 Å². The third-order valence-corrected chi connectivity index (χ3v) is 5.00. The molecular formula is C15H17F3N4O2S. The molecule has 2 amide bonds. The van der Waals surface area contributed by atoms with Gasteiger partial charge in [-0.2, -0.15) is 18.3 Å². The Morgan fingerprint density at radius 1 is 1.32 bits per heavy atom. The van der Waals surface area contributed by atoms with Crippen LogP contribution < -0.4 is 10.6 Å². The number of hydrogen-bond donors (Lipinski definition) is 2. The van der Waals surface area contributed by atoms with Gasteiger partial charge in [0.05, 0.1) is 11.4 Å². The van der Waals surface area contributed by atoms with Crippen molar-refractivity contribution in [2.75, 3.05) is 11.2 Å². The Hall–Kier alpha value is -2.23. The second-order valence-electron chi connectivity index (χ2n) is 5.53. The minimum absolute atomic E-state index is 0.113. The van der Waals surface area contributed by atoms with Crippen LogP contribution in [0.2, 0.25) is 0 Å². The van der Waals surface area contributed by atoms with E-state index in [9.17, 15) is 22.8 Å². The summed E-state index contributed by atoms with van der Waals surface area (Å²) in [6.45, 7) is 3.54. The van der Waals surface area contributed by atoms with Crippen LogP contribution in [0.1, 0.15) is 25.8 Å². The average molecular weight is 374 g/mol. The molecule has 0 aromatic heterocycles. The second kappa shape index (κ2) is 7.77. The Bertz CT molecular complexity index is 725. The molecule has 0 bridgehead atoms. The number of rotatable bonds is 4. The quantitative estimate of drug-likeness (QED) is 0.627. The van der Waals surface area contributed by atoms with Crippen LogP contribution in [0.15, 0.2) is 33.8 Å². The molecule has 1 aliphatic rings. The predicted octanol–water partition coefficient (Wildman–Crippen LogP) is 2.69. The van der Waals surface area contributed by atoms with E-state index in [0.717, 1.165) is 17.8 Å². The van der Waals surface area contributed by atoms with Crippen molar-refractivity contribution in [2.24, 2.45) is 9.57 Å². The van der Waals surface area contributed by atoms with E-state index in [1.807, 2.05) is 0 Å². The van der Waals surface area contributed by atoms with Gasteiger partial charge < -0.3 is 10.6 Å². The average Bonchev–Trinajstić information content (AvgIpc) is 2.85. The maximum absolute atomic E-state index is 12.5. The van der Waals surface area contributed by atoms with E-state index >= 15 is 0 Å². The highest BCUT2D eigenvalue weighted by Gasteiger charge is 2.32. The van der Waals surface area contributed by atoms with Crippen LogP contribution in [-0.4, -0.2) is 28.7 Å². The van der Waals surface area contributed by atoms with Crippen molar-refractivity contribution in [1.29, 1.82) is 0 Å². The Labute approximate surface area is 145 Å². The number of anilines is 1. The molecule has 2 N–H and O–H groups in total. The van der Waals surface area contributed by atoms with Crippen molar-refractivity contribution in [1.82, 2.24) is 5.32 Å². The van der Waals surface area contributed by atoms with Gasteiger partial charge in [-0.1, -0.05) is 0 Å². The van der Waals surface area contributed by atoms with Gasteiger partial charge in [-0.25, -0.2) is 0 Å². The van der Waals surface area contributed by atoms with Crippen molar-refractivity contribution < 1.29 is 22.8 Å². The van der Waals surface area contributed by atoms with Gasteiger partial charge >= 0.3 is 6.18 Å². The fraction of sp³-hybridized carbons (Fsp3) is 0.400. The molecule has 10 heteroatoms. The summed E-state index contributed by atoms with van der Waals surface area (Å²) < 4.78 is 41.6. The molecule has 0 spiro atoms. The first-order chi connectivity index (χ1) is 11.7. The summed E-state index contributed by atoms with van der Waals surface area (Å²) in [5, 5.41) is 8.45. The maximum Gasteiger partial charge on any atom is 0.416 e. The van der Waals surface area contributed by atoms with Crippen molar-refractivity contribution >= 4 is 33.9 Å². The number of nitrogens with zero attached hydrogens (tertiary/aromatic N) is 2. The molecule has 2 atom stereocenters. The van der Waals surface area contributed by atoms with Crippen LogP contribution in [0.25, 0.3) is 0 Å². The molecular weight excluding hydrogens is 357 g/mol. The molecule has 1 aromatic carbocycles. The van der Waals surface area contributed by atoms with Crippen molar-refractivity contribution in [3.63, 3.8) is 0 Å². The van der Waals surface area contributed by atoms with Gasteiger partial charge in [-0.05, 0) is 48.8 Å². The zero-order valence-electron chi connectivity index (χ0n) is 13.6. The van der Waals surface area contributed by atoms with E-state index in [4.69, 9.17) is 0 Å². The minimum Gasteiger partial charge on any atom is -0.345 e. The molecule has 1 heterocycles. The van der Waals surface area contributed by atoms with E-state index in [1.54, 1.807) is 13.8 Å². The number of amides is 2. The first-order valence-electron chi connectivity index (χ1n) is 7.33. The number of carbonyl (C=O) groups is 2. The fourth-order valence-electron chi connectivity index (χ4n) is 2.01. The van der Waals surface area contributed by atoms with E-state index in [2.05, 4.69) is 20.2 Å². The van der Waals surface area contributed by atoms with Crippen LogP contribution in [0.3, 0.4) is 0 Å². The van der Waals surface area contributed by atoms with Crippen LogP contribution >= 0.6 is 0 Å². The summed E-state index contributed by atoms with van der Waals surface area (Å²) >= 11 is 0. The lowest BCUT2D eigenvalue weighted by Gasteiger charge is -2.11. The van der Waals surface area contributed by atoms with Crippen LogP contribution in [0.5, 0.6) is 0 Å². The molecule has 1 aromatic rings. The predicted molar refractivity (Wildman–Crippen MR) is 90.1 cm³/mol. The first-order valence-corrected chi connectivity index (χ1v) is 8.75. The molecule has 25 heavy (non-hydrogen) atoms. The van der Waals surface area contributed by atoms with Gasteiger partial charge in [0.15, 0.2) is 0 Å². The summed E-state index contributed by atoms with van der Waals surface area (Å²) in [7, 11) is -0.743. The van der Waals surface area contributed by atoms with Crippen LogP contribution in [0, 0.1) is 0 Å². The minimum atomic E-state index is -4.43. The van der Waals surface area contributed by atoms with E-state index in [1.165, 1.54) is 12.1 Å². The summed E-state index contributed by atoms with van der Waals surface area (Å²) in [5.74, 6) is -0.418. The van der Waals surface area contributed by atoms with Crippen molar-refractivity contribution in [3.05, 3.63) is 29.8 Å². The van der Waals surface area contributed by atoms with Gasteiger partial charge in [0.2, 0.25) is 11.8 Å². The molecule has 1 fully saturated rings. The Balaban J connectivity index is 2.02. The Kier molecular flexibility index (Phi) is 5.93. The lowest BCUT2D eigenvalue weighted by Crippen LogP contribution is -2.28. The Morgan fingerprint density at radius 2 is 1.96 bits per heavy atom. The van der Waals surface area contributed by atoms with Crippen LogP contribution in [0.4, 0.5) is 18.9 Å². The van der Waals surface area contributed by atoms with E-state index in [-0.39, 0.29) is 18.0 Å². The van der Waals surface area contributed by atoms with Crippen molar-refractivity contribution in [3.8, 4) is 0 Å². The second-order valence-corrected chi connectivity index (χ2v) is 7.35. The van der Waals surface area contributed by atoms with Gasteiger partial charge in [0, 0.05) is 17.8 Å². The molecule has 2 unspecified atom stereocenters. The highest BCUT2D eigenvalue weighted by atomic mass is 32.2. The summed E-state index contributed by atoms with van der Waals surface area (Å²) in [6.07, 6.45) is -4.55. The lowest BCUT2D eigenvalue weighted by atomic mass is 10.2. The molecule has 0 saturated carbocycles. The highest BCUT2D eigenvalue weighted by molar-refractivity contribution is 7.89. The standard InChI is InChI=1S/C15H17F3N4O2S/c1-9(2)21-22-25-8-19-14(24)12(25)7-13(23)20-11-5-3-10(4-6-11)15(16,17)18/h3-6,12H,7-8H2,1-2H3,(H,19,24)(H,20,23). The summed E-state index contributed by atoms with van der Waals surface area (Å²) in [6, 6.07) is 4.11. The molecule has 1 saturated heterocycles. The smallest absolute Gasteiger partial charge is 0.345 e. The molecule has 2 rings (SSSR count). The zero-order valence-corrected chi connectivity index (χ0v) is 14.4. The number of nitrogens with one attached hydrogen (secondary N) is 2. The molecule has 0 aliphatic carbocycles. The normalized spacial score (nSPS) is 20.3. The summed E-state index contributed by atoms with van der Waals surface area (Å²) in [4.78, 5) is 23.9. The molecule has 6 nitrogen and oxygen atoms in total. The highest BCUT2D eigenvalue weighted by Crippen LogP contribution is 2.29. The first kappa shape index (κ1) is 19.1. The number of alkyl halides is 3. The maximum atomic E-state index is 12.5. The van der Waals surface area contributed by atoms with Gasteiger partial charge in [0.25, 0.3) is 0 Å². The number of halogens is 3. The van der Waals surface area contributed by atoms with Gasteiger partial charge in [0.1, 0.15) is 5.25 Å². The zero-order chi connectivity index (χ0) is 18.6. The van der Waals surface area contributed by atoms with Crippen molar-refractivity contribution in [2.45, 2.75) is 31.7 Å². The number of benzene rings is 1. The monoisotopic (exact) mass is 374 g/mol. The molecule has 0 radical (unpaired) electrons. The largest absolute Gasteiger partial charge is 0.416 e. The third kappa shape index (κ3) is 5.38. The number of hydrogen-bond acceptors (Lipinski definition) is 3. The van der Waals surface area contributed by atoms with E-state index in [0.29, 0.717) is 5.88 Å². The van der Waals surface area contributed by atoms with Gasteiger partial charge in [-0.15, -0.1) is 4.47 Å². The van der Waals surface area contributed by atoms with E-state index < -0.39 is 33.6 Å². The Morgan fingerprint density at radius 3 is 2.52 bits per heavy atom.